The quantitative estimate of drug-likeness (QED) is 0.613. The van der Waals surface area contributed by atoms with Crippen molar-refractivity contribution >= 4 is 6.03 Å². The van der Waals surface area contributed by atoms with E-state index in [0.29, 0.717) is 12.1 Å². The van der Waals surface area contributed by atoms with Crippen LogP contribution in [0, 0.1) is 13.8 Å². The van der Waals surface area contributed by atoms with E-state index < -0.39 is 6.10 Å². The number of aromatic amines is 1. The number of aryl methyl sites for hydroxylation is 2. The third kappa shape index (κ3) is 5.65. The Kier molecular flexibility index (Phi) is 6.81. The first-order valence-electron chi connectivity index (χ1n) is 8.57. The first-order chi connectivity index (χ1) is 11.5. The van der Waals surface area contributed by atoms with Crippen molar-refractivity contribution in [2.45, 2.75) is 45.8 Å². The van der Waals surface area contributed by atoms with Gasteiger partial charge >= 0.3 is 6.03 Å². The number of aliphatic hydroxyl groups is 1. The Morgan fingerprint density at radius 1 is 1.29 bits per heavy atom. The van der Waals surface area contributed by atoms with Crippen molar-refractivity contribution in [2.24, 2.45) is 0 Å². The number of hydrogen-bond donors (Lipinski definition) is 4. The molecule has 1 aromatic rings. The van der Waals surface area contributed by atoms with Crippen LogP contribution in [0.5, 0.6) is 0 Å². The third-order valence-corrected chi connectivity index (χ3v) is 4.34. The zero-order valence-corrected chi connectivity index (χ0v) is 14.5. The van der Waals surface area contributed by atoms with Crippen LogP contribution < -0.4 is 16.2 Å². The van der Waals surface area contributed by atoms with Crippen LogP contribution in [0.4, 0.5) is 4.79 Å². The molecule has 7 heteroatoms. The van der Waals surface area contributed by atoms with Gasteiger partial charge in [-0.3, -0.25) is 4.79 Å². The van der Waals surface area contributed by atoms with Gasteiger partial charge in [-0.05, 0) is 51.4 Å². The Morgan fingerprint density at radius 3 is 2.67 bits per heavy atom. The van der Waals surface area contributed by atoms with E-state index in [1.807, 2.05) is 19.9 Å². The second-order valence-electron chi connectivity index (χ2n) is 6.52. The van der Waals surface area contributed by atoms with Crippen LogP contribution in [-0.4, -0.2) is 53.3 Å². The van der Waals surface area contributed by atoms with E-state index in [4.69, 9.17) is 0 Å². The molecule has 0 bridgehead atoms. The molecule has 4 N–H and O–H groups in total. The van der Waals surface area contributed by atoms with Gasteiger partial charge in [0.1, 0.15) is 0 Å². The van der Waals surface area contributed by atoms with Crippen molar-refractivity contribution in [1.82, 2.24) is 20.5 Å². The average Bonchev–Trinajstić information content (AvgIpc) is 2.53. The zero-order chi connectivity index (χ0) is 17.5. The normalized spacial score (nSPS) is 16.6. The maximum Gasteiger partial charge on any atom is 0.315 e. The summed E-state index contributed by atoms with van der Waals surface area (Å²) >= 11 is 0. The summed E-state index contributed by atoms with van der Waals surface area (Å²) < 4.78 is 0. The maximum absolute atomic E-state index is 11.9. The highest BCUT2D eigenvalue weighted by atomic mass is 16.3. The number of likely N-dealkylation sites (tertiary alicyclic amines) is 1. The van der Waals surface area contributed by atoms with Crippen LogP contribution in [0.15, 0.2) is 10.9 Å². The van der Waals surface area contributed by atoms with E-state index in [1.54, 1.807) is 0 Å². The van der Waals surface area contributed by atoms with Crippen LogP contribution in [0.1, 0.15) is 36.1 Å². The summed E-state index contributed by atoms with van der Waals surface area (Å²) in [5, 5.41) is 15.3. The lowest BCUT2D eigenvalue weighted by atomic mass is 10.1. The number of urea groups is 1. The number of carbonyl (C=O) groups is 1. The standard InChI is InChI=1S/C17H28N4O3/c1-12-8-13(2)20-16(23)15(12)10-19-17(24)18-9-14(22)11-21-6-4-3-5-7-21/h8,14,22H,3-7,9-11H2,1-2H3,(H,20,23)(H2,18,19,24)/t14-/m1/s1. The van der Waals surface area contributed by atoms with E-state index in [9.17, 15) is 14.7 Å². The predicted octanol–water partition coefficient (Wildman–Crippen LogP) is 0.638. The van der Waals surface area contributed by atoms with Crippen molar-refractivity contribution in [3.05, 3.63) is 33.2 Å². The van der Waals surface area contributed by atoms with Crippen molar-refractivity contribution in [2.75, 3.05) is 26.2 Å². The molecule has 0 unspecified atom stereocenters. The van der Waals surface area contributed by atoms with Gasteiger partial charge in [-0.2, -0.15) is 0 Å². The summed E-state index contributed by atoms with van der Waals surface area (Å²) in [6, 6.07) is 1.49. The number of carbonyl (C=O) groups excluding carboxylic acids is 1. The molecule has 1 fully saturated rings. The first kappa shape index (κ1) is 18.5. The maximum atomic E-state index is 11.9. The largest absolute Gasteiger partial charge is 0.390 e. The summed E-state index contributed by atoms with van der Waals surface area (Å²) in [4.78, 5) is 28.7. The van der Waals surface area contributed by atoms with Gasteiger partial charge in [0.2, 0.25) is 0 Å². The minimum absolute atomic E-state index is 0.162. The minimum Gasteiger partial charge on any atom is -0.390 e. The fourth-order valence-electron chi connectivity index (χ4n) is 3.05. The van der Waals surface area contributed by atoms with Crippen LogP contribution in [0.2, 0.25) is 0 Å². The SMILES string of the molecule is Cc1cc(C)c(CNC(=O)NC[C@@H](O)CN2CCCCC2)c(=O)[nH]1. The molecule has 2 amide bonds. The molecule has 0 aliphatic carbocycles. The highest BCUT2D eigenvalue weighted by Crippen LogP contribution is 2.08. The molecular weight excluding hydrogens is 308 g/mol. The molecule has 1 aliphatic rings. The molecule has 7 nitrogen and oxygen atoms in total. The van der Waals surface area contributed by atoms with Crippen molar-refractivity contribution in [1.29, 1.82) is 0 Å². The number of piperidine rings is 1. The van der Waals surface area contributed by atoms with Crippen molar-refractivity contribution in [3.8, 4) is 0 Å². The molecular formula is C17H28N4O3. The number of aliphatic hydroxyl groups excluding tert-OH is 1. The smallest absolute Gasteiger partial charge is 0.315 e. The van der Waals surface area contributed by atoms with E-state index in [-0.39, 0.29) is 24.7 Å². The van der Waals surface area contributed by atoms with Gasteiger partial charge in [-0.25, -0.2) is 4.79 Å². The van der Waals surface area contributed by atoms with Crippen LogP contribution in [0.25, 0.3) is 0 Å². The first-order valence-corrected chi connectivity index (χ1v) is 8.57. The van der Waals surface area contributed by atoms with E-state index in [0.717, 1.165) is 24.3 Å². The number of pyridine rings is 1. The average molecular weight is 336 g/mol. The summed E-state index contributed by atoms with van der Waals surface area (Å²) in [7, 11) is 0. The van der Waals surface area contributed by atoms with Crippen molar-refractivity contribution < 1.29 is 9.90 Å². The van der Waals surface area contributed by atoms with Gasteiger partial charge in [-0.15, -0.1) is 0 Å². The van der Waals surface area contributed by atoms with Gasteiger partial charge in [0.25, 0.3) is 5.56 Å². The Morgan fingerprint density at radius 2 is 2.00 bits per heavy atom. The lowest BCUT2D eigenvalue weighted by molar-refractivity contribution is 0.101. The highest BCUT2D eigenvalue weighted by Gasteiger charge is 2.15. The van der Waals surface area contributed by atoms with Gasteiger partial charge in [-0.1, -0.05) is 6.42 Å². The molecule has 1 atom stereocenters. The third-order valence-electron chi connectivity index (χ3n) is 4.34. The molecule has 1 aliphatic heterocycles. The monoisotopic (exact) mass is 336 g/mol. The lowest BCUT2D eigenvalue weighted by Crippen LogP contribution is -2.44. The summed E-state index contributed by atoms with van der Waals surface area (Å²) in [5.41, 5.74) is 2.01. The molecule has 1 aromatic heterocycles. The number of aromatic nitrogens is 1. The van der Waals surface area contributed by atoms with Gasteiger partial charge < -0.3 is 25.6 Å². The Bertz CT molecular complexity index is 608. The number of nitrogens with one attached hydrogen (secondary N) is 3. The van der Waals surface area contributed by atoms with Crippen LogP contribution >= 0.6 is 0 Å². The summed E-state index contributed by atoms with van der Waals surface area (Å²) in [6.07, 6.45) is 3.01. The Balaban J connectivity index is 1.72. The van der Waals surface area contributed by atoms with E-state index in [2.05, 4.69) is 20.5 Å². The topological polar surface area (TPSA) is 97.5 Å². The molecule has 2 heterocycles. The number of β-amino-alcohol motifs (C(OH)–C–C–N with tert-alkyl or cyclic N) is 1. The fourth-order valence-corrected chi connectivity index (χ4v) is 3.05. The lowest BCUT2D eigenvalue weighted by Gasteiger charge is -2.28. The number of rotatable bonds is 6. The molecule has 2 rings (SSSR count). The van der Waals surface area contributed by atoms with Crippen LogP contribution in [-0.2, 0) is 6.54 Å². The predicted molar refractivity (Wildman–Crippen MR) is 93.1 cm³/mol. The Hall–Kier alpha value is -1.86. The molecule has 1 saturated heterocycles. The second kappa shape index (κ2) is 8.84. The molecule has 0 radical (unpaired) electrons. The number of nitrogens with zero attached hydrogens (tertiary/aromatic N) is 1. The van der Waals surface area contributed by atoms with Crippen LogP contribution in [0.3, 0.4) is 0 Å². The number of hydrogen-bond acceptors (Lipinski definition) is 4. The summed E-state index contributed by atoms with van der Waals surface area (Å²) in [5.74, 6) is 0. The molecule has 0 aromatic carbocycles. The van der Waals surface area contributed by atoms with Gasteiger partial charge in [0.05, 0.1) is 12.6 Å². The number of amides is 2. The van der Waals surface area contributed by atoms with E-state index in [1.165, 1.54) is 19.3 Å². The fraction of sp³-hybridized carbons (Fsp3) is 0.647. The second-order valence-corrected chi connectivity index (χ2v) is 6.52. The van der Waals surface area contributed by atoms with Crippen molar-refractivity contribution in [3.63, 3.8) is 0 Å². The molecule has 134 valence electrons. The molecule has 0 spiro atoms. The van der Waals surface area contributed by atoms with Gasteiger partial charge in [0.15, 0.2) is 0 Å². The molecule has 24 heavy (non-hydrogen) atoms. The molecule has 0 saturated carbocycles. The zero-order valence-electron chi connectivity index (χ0n) is 14.5. The highest BCUT2D eigenvalue weighted by molar-refractivity contribution is 5.73. The van der Waals surface area contributed by atoms with E-state index >= 15 is 0 Å². The minimum atomic E-state index is -0.585. The summed E-state index contributed by atoms with van der Waals surface area (Å²) in [6.45, 7) is 6.64. The van der Waals surface area contributed by atoms with Gasteiger partial charge in [0, 0.05) is 24.3 Å². The number of H-pyrrole nitrogens is 1. The Labute approximate surface area is 142 Å².